The van der Waals surface area contributed by atoms with Crippen LogP contribution in [0.15, 0.2) is 24.7 Å². The number of nitrogens with zero attached hydrogens (tertiary/aromatic N) is 5. The van der Waals surface area contributed by atoms with E-state index in [1.165, 1.54) is 0 Å². The molecule has 0 unspecified atom stereocenters. The molecule has 0 aromatic carbocycles. The normalized spacial score (nSPS) is 18.6. The molecule has 1 fully saturated rings. The predicted octanol–water partition coefficient (Wildman–Crippen LogP) is 2.72. The van der Waals surface area contributed by atoms with Crippen LogP contribution in [0.5, 0.6) is 0 Å². The van der Waals surface area contributed by atoms with Crippen LogP contribution in [-0.2, 0) is 17.5 Å². The molecule has 2 aromatic rings. The van der Waals surface area contributed by atoms with Gasteiger partial charge in [0.15, 0.2) is 0 Å². The minimum absolute atomic E-state index is 0.120. The van der Waals surface area contributed by atoms with Crippen LogP contribution in [0.3, 0.4) is 0 Å². The highest BCUT2D eigenvalue weighted by Crippen LogP contribution is 2.31. The first kappa shape index (κ1) is 17.7. The Kier molecular flexibility index (Phi) is 5.22. The molecule has 0 bridgehead atoms. The average molecular weight is 355 g/mol. The second-order valence-corrected chi connectivity index (χ2v) is 6.00. The van der Waals surface area contributed by atoms with Crippen molar-refractivity contribution in [3.8, 4) is 0 Å². The summed E-state index contributed by atoms with van der Waals surface area (Å²) >= 11 is 0. The molecule has 3 rings (SSSR count). The van der Waals surface area contributed by atoms with Crippen LogP contribution in [0.2, 0.25) is 0 Å². The molecule has 0 aliphatic carbocycles. The van der Waals surface area contributed by atoms with Crippen LogP contribution in [0.1, 0.15) is 30.3 Å². The Morgan fingerprint density at radius 1 is 1.28 bits per heavy atom. The Morgan fingerprint density at radius 3 is 2.88 bits per heavy atom. The zero-order valence-electron chi connectivity index (χ0n) is 13.9. The first-order chi connectivity index (χ1) is 12.0. The highest BCUT2D eigenvalue weighted by Gasteiger charge is 2.34. The molecule has 25 heavy (non-hydrogen) atoms. The molecule has 1 aliphatic rings. The maximum Gasteiger partial charge on any atom is 0.433 e. The summed E-state index contributed by atoms with van der Waals surface area (Å²) in [7, 11) is 1.64. The average Bonchev–Trinajstić information content (AvgIpc) is 3.08. The third-order valence-corrected chi connectivity index (χ3v) is 4.29. The zero-order chi connectivity index (χ0) is 17.9. The van der Waals surface area contributed by atoms with Crippen molar-refractivity contribution in [1.82, 2.24) is 19.5 Å². The standard InChI is InChI=1S/C16H20F3N5O/c1-25-10-9-23-8-6-20-14(23)12-3-2-7-24(11-12)15-21-5-4-13(22-15)16(17,18)19/h4-6,8,12H,2-3,7,9-11H2,1H3/t12-/m0/s1. The summed E-state index contributed by atoms with van der Waals surface area (Å²) < 4.78 is 45.8. The molecule has 1 atom stereocenters. The Hall–Kier alpha value is -2.16. The number of alkyl halides is 3. The van der Waals surface area contributed by atoms with Gasteiger partial charge in [0.25, 0.3) is 0 Å². The predicted molar refractivity (Wildman–Crippen MR) is 85.3 cm³/mol. The summed E-state index contributed by atoms with van der Waals surface area (Å²) in [5, 5.41) is 0. The zero-order valence-corrected chi connectivity index (χ0v) is 13.9. The molecule has 0 amide bonds. The summed E-state index contributed by atoms with van der Waals surface area (Å²) in [5.74, 6) is 1.17. The van der Waals surface area contributed by atoms with Gasteiger partial charge in [-0.25, -0.2) is 15.0 Å². The van der Waals surface area contributed by atoms with E-state index in [2.05, 4.69) is 15.0 Å². The van der Waals surface area contributed by atoms with Crippen molar-refractivity contribution in [3.63, 3.8) is 0 Å². The van der Waals surface area contributed by atoms with Gasteiger partial charge in [0.2, 0.25) is 5.95 Å². The Labute approximate surface area is 143 Å². The van der Waals surface area contributed by atoms with Crippen LogP contribution in [0.4, 0.5) is 19.1 Å². The highest BCUT2D eigenvalue weighted by atomic mass is 19.4. The number of rotatable bonds is 5. The Balaban J connectivity index is 1.77. The van der Waals surface area contributed by atoms with Crippen molar-refractivity contribution >= 4 is 5.95 Å². The Morgan fingerprint density at radius 2 is 2.12 bits per heavy atom. The lowest BCUT2D eigenvalue weighted by molar-refractivity contribution is -0.141. The molecule has 1 saturated heterocycles. The maximum atomic E-state index is 12.9. The molecule has 0 radical (unpaired) electrons. The van der Waals surface area contributed by atoms with E-state index in [1.807, 2.05) is 10.8 Å². The van der Waals surface area contributed by atoms with Gasteiger partial charge in [-0.3, -0.25) is 0 Å². The highest BCUT2D eigenvalue weighted by molar-refractivity contribution is 5.33. The van der Waals surface area contributed by atoms with Crippen molar-refractivity contribution in [2.45, 2.75) is 31.5 Å². The monoisotopic (exact) mass is 355 g/mol. The van der Waals surface area contributed by atoms with Gasteiger partial charge in [0.1, 0.15) is 11.5 Å². The molecule has 0 N–H and O–H groups in total. The van der Waals surface area contributed by atoms with Gasteiger partial charge in [-0.2, -0.15) is 13.2 Å². The second kappa shape index (κ2) is 7.38. The van der Waals surface area contributed by atoms with Crippen LogP contribution in [0.25, 0.3) is 0 Å². The molecular formula is C16H20F3N5O. The van der Waals surface area contributed by atoms with Crippen LogP contribution >= 0.6 is 0 Å². The van der Waals surface area contributed by atoms with E-state index in [-0.39, 0.29) is 11.9 Å². The van der Waals surface area contributed by atoms with E-state index >= 15 is 0 Å². The largest absolute Gasteiger partial charge is 0.433 e. The summed E-state index contributed by atoms with van der Waals surface area (Å²) in [5.41, 5.74) is -0.916. The molecule has 9 heteroatoms. The number of anilines is 1. The van der Waals surface area contributed by atoms with Crippen LogP contribution < -0.4 is 4.90 Å². The Bertz CT molecular complexity index is 703. The summed E-state index contributed by atoms with van der Waals surface area (Å²) in [6.45, 7) is 2.46. The van der Waals surface area contributed by atoms with Gasteiger partial charge < -0.3 is 14.2 Å². The number of methoxy groups -OCH3 is 1. The van der Waals surface area contributed by atoms with E-state index in [4.69, 9.17) is 4.74 Å². The molecule has 1 aliphatic heterocycles. The van der Waals surface area contributed by atoms with E-state index in [0.29, 0.717) is 26.2 Å². The SMILES string of the molecule is COCCn1ccnc1[C@H]1CCCN(c2nccc(C(F)(F)F)n2)C1. The van der Waals surface area contributed by atoms with E-state index in [0.717, 1.165) is 30.9 Å². The van der Waals surface area contributed by atoms with Gasteiger partial charge in [0, 0.05) is 51.3 Å². The number of piperidine rings is 1. The smallest absolute Gasteiger partial charge is 0.383 e. The maximum absolute atomic E-state index is 12.9. The van der Waals surface area contributed by atoms with Gasteiger partial charge >= 0.3 is 6.18 Å². The number of halogens is 3. The molecule has 2 aromatic heterocycles. The van der Waals surface area contributed by atoms with E-state index < -0.39 is 11.9 Å². The van der Waals surface area contributed by atoms with Crippen molar-refractivity contribution in [1.29, 1.82) is 0 Å². The van der Waals surface area contributed by atoms with Crippen molar-refractivity contribution in [2.24, 2.45) is 0 Å². The molecule has 0 spiro atoms. The summed E-state index contributed by atoms with van der Waals surface area (Å²) in [6.07, 6.45) is 2.11. The second-order valence-electron chi connectivity index (χ2n) is 6.00. The first-order valence-corrected chi connectivity index (χ1v) is 8.14. The first-order valence-electron chi connectivity index (χ1n) is 8.14. The summed E-state index contributed by atoms with van der Waals surface area (Å²) in [6, 6.07) is 0.891. The summed E-state index contributed by atoms with van der Waals surface area (Å²) in [4.78, 5) is 14.0. The third-order valence-electron chi connectivity index (χ3n) is 4.29. The molecule has 0 saturated carbocycles. The van der Waals surface area contributed by atoms with Crippen molar-refractivity contribution in [3.05, 3.63) is 36.2 Å². The van der Waals surface area contributed by atoms with Crippen LogP contribution in [-0.4, -0.2) is 46.3 Å². The lowest BCUT2D eigenvalue weighted by Gasteiger charge is -2.32. The molecular weight excluding hydrogens is 335 g/mol. The molecule has 136 valence electrons. The van der Waals surface area contributed by atoms with Crippen molar-refractivity contribution < 1.29 is 17.9 Å². The van der Waals surface area contributed by atoms with Gasteiger partial charge in [-0.1, -0.05) is 0 Å². The lowest BCUT2D eigenvalue weighted by atomic mass is 9.97. The number of hydrogen-bond donors (Lipinski definition) is 0. The number of hydrogen-bond acceptors (Lipinski definition) is 5. The quantitative estimate of drug-likeness (QED) is 0.825. The van der Waals surface area contributed by atoms with E-state index in [1.54, 1.807) is 18.2 Å². The molecule has 3 heterocycles. The number of imidazole rings is 1. The van der Waals surface area contributed by atoms with Gasteiger partial charge in [-0.05, 0) is 18.9 Å². The number of ether oxygens (including phenoxy) is 1. The minimum atomic E-state index is -4.47. The van der Waals surface area contributed by atoms with Gasteiger partial charge in [-0.15, -0.1) is 0 Å². The topological polar surface area (TPSA) is 56.1 Å². The molecule has 6 nitrogen and oxygen atoms in total. The minimum Gasteiger partial charge on any atom is -0.383 e. The third kappa shape index (κ3) is 4.09. The van der Waals surface area contributed by atoms with E-state index in [9.17, 15) is 13.2 Å². The van der Waals surface area contributed by atoms with Gasteiger partial charge in [0.05, 0.1) is 6.61 Å². The van der Waals surface area contributed by atoms with Crippen molar-refractivity contribution in [2.75, 3.05) is 31.7 Å². The van der Waals surface area contributed by atoms with Crippen LogP contribution in [0, 0.1) is 0 Å². The fourth-order valence-electron chi connectivity index (χ4n) is 3.09. The lowest BCUT2D eigenvalue weighted by Crippen LogP contribution is -2.37. The fourth-order valence-corrected chi connectivity index (χ4v) is 3.09. The fraction of sp³-hybridized carbons (Fsp3) is 0.562. The number of aromatic nitrogens is 4.